The lowest BCUT2D eigenvalue weighted by atomic mass is 9.82. The molecule has 126 valence electrons. The molecule has 3 nitrogen and oxygen atoms in total. The number of ether oxygens (including phenoxy) is 1. The molecule has 4 rings (SSSR count). The summed E-state index contributed by atoms with van der Waals surface area (Å²) >= 11 is 0. The van der Waals surface area contributed by atoms with Crippen molar-refractivity contribution in [3.63, 3.8) is 0 Å². The van der Waals surface area contributed by atoms with E-state index in [1.807, 2.05) is 0 Å². The summed E-state index contributed by atoms with van der Waals surface area (Å²) in [5.74, 6) is 1.09. The van der Waals surface area contributed by atoms with Crippen LogP contribution in [0.25, 0.3) is 0 Å². The molecule has 0 aromatic heterocycles. The van der Waals surface area contributed by atoms with Gasteiger partial charge in [-0.1, -0.05) is 12.5 Å². The summed E-state index contributed by atoms with van der Waals surface area (Å²) in [5, 5.41) is 10.1. The van der Waals surface area contributed by atoms with Gasteiger partial charge in [-0.2, -0.15) is 0 Å². The van der Waals surface area contributed by atoms with Gasteiger partial charge in [0.15, 0.2) is 0 Å². The van der Waals surface area contributed by atoms with E-state index in [0.717, 1.165) is 31.7 Å². The van der Waals surface area contributed by atoms with Gasteiger partial charge >= 0.3 is 0 Å². The molecule has 2 aliphatic heterocycles. The van der Waals surface area contributed by atoms with Gasteiger partial charge in [0.2, 0.25) is 0 Å². The van der Waals surface area contributed by atoms with Crippen molar-refractivity contribution >= 4 is 0 Å². The SMILES string of the molecule is CCOc1cc2c(cc1CN1[C@@H]3CCC[C@H]1CC(O)C3)CCC2. The molecule has 0 spiro atoms. The summed E-state index contributed by atoms with van der Waals surface area (Å²) in [6.07, 6.45) is 9.32. The van der Waals surface area contributed by atoms with Crippen LogP contribution < -0.4 is 4.74 Å². The number of aryl methyl sites for hydroxylation is 2. The quantitative estimate of drug-likeness (QED) is 0.924. The van der Waals surface area contributed by atoms with Gasteiger partial charge in [0, 0.05) is 24.2 Å². The van der Waals surface area contributed by atoms with Gasteiger partial charge in [-0.3, -0.25) is 4.90 Å². The molecular weight excluding hydrogens is 286 g/mol. The number of hydrogen-bond acceptors (Lipinski definition) is 3. The standard InChI is InChI=1S/C20H29NO2/c1-2-23-20-10-15-6-3-5-14(15)9-16(20)13-21-17-7-4-8-18(21)12-19(22)11-17/h9-10,17-19,22H,2-8,11-13H2,1H3/t17-,18+,19?. The highest BCUT2D eigenvalue weighted by Gasteiger charge is 2.37. The second-order valence-electron chi connectivity index (χ2n) is 7.55. The van der Waals surface area contributed by atoms with E-state index < -0.39 is 0 Å². The van der Waals surface area contributed by atoms with Crippen molar-refractivity contribution in [1.82, 2.24) is 4.90 Å². The van der Waals surface area contributed by atoms with Gasteiger partial charge < -0.3 is 9.84 Å². The monoisotopic (exact) mass is 315 g/mol. The first-order valence-corrected chi connectivity index (χ1v) is 9.46. The molecule has 3 atom stereocenters. The highest BCUT2D eigenvalue weighted by atomic mass is 16.5. The van der Waals surface area contributed by atoms with E-state index in [0.29, 0.717) is 12.1 Å². The Morgan fingerprint density at radius 2 is 1.78 bits per heavy atom. The van der Waals surface area contributed by atoms with Crippen LogP contribution in [-0.2, 0) is 19.4 Å². The van der Waals surface area contributed by atoms with Crippen molar-refractivity contribution in [2.45, 2.75) is 83.0 Å². The summed E-state index contributed by atoms with van der Waals surface area (Å²) in [7, 11) is 0. The van der Waals surface area contributed by atoms with Crippen LogP contribution in [0, 0.1) is 0 Å². The zero-order chi connectivity index (χ0) is 15.8. The maximum absolute atomic E-state index is 10.1. The predicted octanol–water partition coefficient (Wildman–Crippen LogP) is 3.45. The third-order valence-corrected chi connectivity index (χ3v) is 6.03. The molecule has 2 bridgehead atoms. The van der Waals surface area contributed by atoms with E-state index in [-0.39, 0.29) is 6.10 Å². The van der Waals surface area contributed by atoms with E-state index >= 15 is 0 Å². The smallest absolute Gasteiger partial charge is 0.124 e. The topological polar surface area (TPSA) is 32.7 Å². The minimum Gasteiger partial charge on any atom is -0.494 e. The van der Waals surface area contributed by atoms with Crippen LogP contribution in [0.5, 0.6) is 5.75 Å². The molecule has 1 aliphatic carbocycles. The highest BCUT2D eigenvalue weighted by molar-refractivity contribution is 5.45. The second kappa shape index (κ2) is 6.45. The number of hydrogen-bond donors (Lipinski definition) is 1. The Balaban J connectivity index is 1.60. The van der Waals surface area contributed by atoms with Gasteiger partial charge in [0.1, 0.15) is 5.75 Å². The molecule has 2 saturated heterocycles. The summed E-state index contributed by atoms with van der Waals surface area (Å²) in [6.45, 7) is 3.80. The molecule has 3 aliphatic rings. The molecule has 3 heteroatoms. The van der Waals surface area contributed by atoms with Gasteiger partial charge in [-0.05, 0) is 69.1 Å². The highest BCUT2D eigenvalue weighted by Crippen LogP contribution is 2.37. The molecule has 23 heavy (non-hydrogen) atoms. The number of nitrogens with zero attached hydrogens (tertiary/aromatic N) is 1. The molecule has 0 saturated carbocycles. The molecule has 1 aromatic carbocycles. The van der Waals surface area contributed by atoms with Crippen LogP contribution in [0.4, 0.5) is 0 Å². The normalized spacial score (nSPS) is 30.3. The fourth-order valence-corrected chi connectivity index (χ4v) is 4.97. The number of piperidine rings is 2. The van der Waals surface area contributed by atoms with E-state index in [4.69, 9.17) is 4.74 Å². The number of fused-ring (bicyclic) bond motifs is 3. The molecular formula is C20H29NO2. The van der Waals surface area contributed by atoms with E-state index in [1.165, 1.54) is 55.2 Å². The van der Waals surface area contributed by atoms with Crippen LogP contribution >= 0.6 is 0 Å². The lowest BCUT2D eigenvalue weighted by molar-refractivity contribution is -0.0315. The lowest BCUT2D eigenvalue weighted by Crippen LogP contribution is -2.52. The Morgan fingerprint density at radius 1 is 1.09 bits per heavy atom. The molecule has 0 radical (unpaired) electrons. The van der Waals surface area contributed by atoms with Gasteiger partial charge in [-0.15, -0.1) is 0 Å². The summed E-state index contributed by atoms with van der Waals surface area (Å²) < 4.78 is 5.97. The largest absolute Gasteiger partial charge is 0.494 e. The van der Waals surface area contributed by atoms with Crippen molar-refractivity contribution in [2.75, 3.05) is 6.61 Å². The second-order valence-corrected chi connectivity index (χ2v) is 7.55. The maximum Gasteiger partial charge on any atom is 0.124 e. The van der Waals surface area contributed by atoms with Crippen molar-refractivity contribution in [3.8, 4) is 5.75 Å². The van der Waals surface area contributed by atoms with Crippen LogP contribution in [0.1, 0.15) is 62.1 Å². The lowest BCUT2D eigenvalue weighted by Gasteiger charge is -2.48. The average molecular weight is 315 g/mol. The van der Waals surface area contributed by atoms with Gasteiger partial charge in [-0.25, -0.2) is 0 Å². The first-order chi connectivity index (χ1) is 11.2. The Labute approximate surface area is 139 Å². The van der Waals surface area contributed by atoms with Crippen LogP contribution in [0.2, 0.25) is 0 Å². The molecule has 0 amide bonds. The molecule has 1 unspecified atom stereocenters. The van der Waals surface area contributed by atoms with Gasteiger partial charge in [0.05, 0.1) is 12.7 Å². The predicted molar refractivity (Wildman–Crippen MR) is 91.8 cm³/mol. The van der Waals surface area contributed by atoms with Crippen molar-refractivity contribution in [3.05, 3.63) is 28.8 Å². The Hall–Kier alpha value is -1.06. The van der Waals surface area contributed by atoms with Crippen LogP contribution in [0.3, 0.4) is 0 Å². The van der Waals surface area contributed by atoms with E-state index in [1.54, 1.807) is 0 Å². The number of rotatable bonds is 4. The number of benzene rings is 1. The van der Waals surface area contributed by atoms with Crippen molar-refractivity contribution < 1.29 is 9.84 Å². The van der Waals surface area contributed by atoms with Crippen molar-refractivity contribution in [1.29, 1.82) is 0 Å². The van der Waals surface area contributed by atoms with E-state index in [9.17, 15) is 5.11 Å². The maximum atomic E-state index is 10.1. The third-order valence-electron chi connectivity index (χ3n) is 6.03. The summed E-state index contributed by atoms with van der Waals surface area (Å²) in [4.78, 5) is 2.66. The molecule has 2 heterocycles. The van der Waals surface area contributed by atoms with Crippen LogP contribution in [-0.4, -0.2) is 34.8 Å². The van der Waals surface area contributed by atoms with Gasteiger partial charge in [0.25, 0.3) is 0 Å². The minimum atomic E-state index is -0.0899. The Morgan fingerprint density at radius 3 is 2.48 bits per heavy atom. The molecule has 2 fully saturated rings. The first-order valence-electron chi connectivity index (χ1n) is 9.46. The first kappa shape index (κ1) is 15.5. The summed E-state index contributed by atoms with van der Waals surface area (Å²) in [5.41, 5.74) is 4.39. The molecule has 1 N–H and O–H groups in total. The molecule has 1 aromatic rings. The Kier molecular flexibility index (Phi) is 4.33. The zero-order valence-electron chi connectivity index (χ0n) is 14.3. The number of aliphatic hydroxyl groups is 1. The summed E-state index contributed by atoms with van der Waals surface area (Å²) in [6, 6.07) is 5.82. The minimum absolute atomic E-state index is 0.0899. The average Bonchev–Trinajstić information content (AvgIpc) is 2.96. The Bertz CT molecular complexity index is 557. The number of aliphatic hydroxyl groups excluding tert-OH is 1. The van der Waals surface area contributed by atoms with Crippen LogP contribution in [0.15, 0.2) is 12.1 Å². The van der Waals surface area contributed by atoms with Crippen molar-refractivity contribution in [2.24, 2.45) is 0 Å². The van der Waals surface area contributed by atoms with E-state index in [2.05, 4.69) is 24.0 Å². The fraction of sp³-hybridized carbons (Fsp3) is 0.700. The fourth-order valence-electron chi connectivity index (χ4n) is 4.97. The zero-order valence-corrected chi connectivity index (χ0v) is 14.3. The third kappa shape index (κ3) is 3.01.